The van der Waals surface area contributed by atoms with E-state index < -0.39 is 0 Å². The van der Waals surface area contributed by atoms with E-state index in [1.165, 1.54) is 0 Å². The third-order valence-electron chi connectivity index (χ3n) is 3.46. The van der Waals surface area contributed by atoms with Crippen LogP contribution in [0.2, 0.25) is 5.02 Å². The van der Waals surface area contributed by atoms with Crippen LogP contribution in [-0.4, -0.2) is 31.9 Å². The second kappa shape index (κ2) is 7.88. The van der Waals surface area contributed by atoms with Crippen LogP contribution in [0.1, 0.15) is 12.5 Å². The van der Waals surface area contributed by atoms with Crippen molar-refractivity contribution in [2.75, 3.05) is 26.0 Å². The Morgan fingerprint density at radius 2 is 1.96 bits per heavy atom. The van der Waals surface area contributed by atoms with Crippen LogP contribution in [-0.2, 0) is 0 Å². The first-order valence-electron chi connectivity index (χ1n) is 7.49. The van der Waals surface area contributed by atoms with E-state index >= 15 is 0 Å². The largest absolute Gasteiger partial charge is 0.497 e. The molecule has 1 N–H and O–H groups in total. The molecule has 122 valence electrons. The minimum Gasteiger partial charge on any atom is -0.497 e. The fourth-order valence-electron chi connectivity index (χ4n) is 2.01. The SMILES string of the molecule is CCN(C)/C=N\c1cc(C)cc(Nc2ccc(OC)cc2)c1Cl. The van der Waals surface area contributed by atoms with Crippen molar-refractivity contribution >= 4 is 35.0 Å². The van der Waals surface area contributed by atoms with Crippen molar-refractivity contribution < 1.29 is 4.74 Å². The van der Waals surface area contributed by atoms with Crippen molar-refractivity contribution in [2.45, 2.75) is 13.8 Å². The molecule has 0 aliphatic heterocycles. The van der Waals surface area contributed by atoms with Gasteiger partial charge in [-0.2, -0.15) is 0 Å². The Balaban J connectivity index is 2.27. The number of aryl methyl sites for hydroxylation is 1. The highest BCUT2D eigenvalue weighted by Gasteiger charge is 2.08. The van der Waals surface area contributed by atoms with Crippen molar-refractivity contribution in [3.8, 4) is 5.75 Å². The topological polar surface area (TPSA) is 36.9 Å². The fraction of sp³-hybridized carbons (Fsp3) is 0.278. The first kappa shape index (κ1) is 17.2. The fourth-order valence-corrected chi connectivity index (χ4v) is 2.21. The molecule has 0 aliphatic carbocycles. The number of hydrogen-bond acceptors (Lipinski definition) is 3. The Hall–Kier alpha value is -2.20. The minimum absolute atomic E-state index is 0.604. The van der Waals surface area contributed by atoms with Gasteiger partial charge in [0.15, 0.2) is 0 Å². The maximum atomic E-state index is 6.50. The van der Waals surface area contributed by atoms with Gasteiger partial charge < -0.3 is 15.0 Å². The molecule has 0 radical (unpaired) electrons. The Kier molecular flexibility index (Phi) is 5.88. The number of nitrogens with one attached hydrogen (secondary N) is 1. The highest BCUT2D eigenvalue weighted by molar-refractivity contribution is 6.36. The van der Waals surface area contributed by atoms with Gasteiger partial charge in [-0.1, -0.05) is 11.6 Å². The van der Waals surface area contributed by atoms with Gasteiger partial charge in [0.2, 0.25) is 0 Å². The maximum Gasteiger partial charge on any atom is 0.119 e. The number of halogens is 1. The van der Waals surface area contributed by atoms with Gasteiger partial charge in [0.25, 0.3) is 0 Å². The summed E-state index contributed by atoms with van der Waals surface area (Å²) in [5.41, 5.74) is 3.63. The Morgan fingerprint density at radius 1 is 1.26 bits per heavy atom. The zero-order valence-corrected chi connectivity index (χ0v) is 14.7. The third-order valence-corrected chi connectivity index (χ3v) is 3.86. The molecule has 4 nitrogen and oxygen atoms in total. The molecule has 2 rings (SSSR count). The molecule has 0 aliphatic rings. The third kappa shape index (κ3) is 4.63. The van der Waals surface area contributed by atoms with Crippen LogP contribution in [0.4, 0.5) is 17.1 Å². The van der Waals surface area contributed by atoms with E-state index in [9.17, 15) is 0 Å². The predicted molar refractivity (Wildman–Crippen MR) is 98.9 cm³/mol. The lowest BCUT2D eigenvalue weighted by Crippen LogP contribution is -2.14. The van der Waals surface area contributed by atoms with E-state index in [0.717, 1.165) is 34.9 Å². The van der Waals surface area contributed by atoms with Gasteiger partial charge in [-0.05, 0) is 55.8 Å². The Labute approximate surface area is 142 Å². The van der Waals surface area contributed by atoms with Crippen LogP contribution in [0.25, 0.3) is 0 Å². The highest BCUT2D eigenvalue weighted by atomic mass is 35.5. The summed E-state index contributed by atoms with van der Waals surface area (Å²) in [5.74, 6) is 0.818. The second-order valence-electron chi connectivity index (χ2n) is 5.32. The number of ether oxygens (including phenoxy) is 1. The summed E-state index contributed by atoms with van der Waals surface area (Å²) in [5, 5.41) is 3.94. The number of benzene rings is 2. The van der Waals surface area contributed by atoms with Crippen LogP contribution in [0.3, 0.4) is 0 Å². The molecule has 0 atom stereocenters. The average molecular weight is 332 g/mol. The molecule has 0 fully saturated rings. The van der Waals surface area contributed by atoms with E-state index in [1.54, 1.807) is 13.4 Å². The summed E-state index contributed by atoms with van der Waals surface area (Å²) in [4.78, 5) is 6.47. The lowest BCUT2D eigenvalue weighted by Gasteiger charge is -2.13. The lowest BCUT2D eigenvalue weighted by molar-refractivity contribution is 0.415. The molecule has 0 saturated carbocycles. The van der Waals surface area contributed by atoms with Crippen LogP contribution >= 0.6 is 11.6 Å². The first-order valence-corrected chi connectivity index (χ1v) is 7.87. The van der Waals surface area contributed by atoms with Crippen molar-refractivity contribution in [3.63, 3.8) is 0 Å². The molecule has 0 aromatic heterocycles. The Morgan fingerprint density at radius 3 is 2.57 bits per heavy atom. The zero-order chi connectivity index (χ0) is 16.8. The molecule has 2 aromatic rings. The van der Waals surface area contributed by atoms with Crippen LogP contribution in [0, 0.1) is 6.92 Å². The zero-order valence-electron chi connectivity index (χ0n) is 13.9. The quantitative estimate of drug-likeness (QED) is 0.597. The molecule has 0 amide bonds. The molecule has 0 spiro atoms. The predicted octanol–water partition coefficient (Wildman–Crippen LogP) is 5.01. The van der Waals surface area contributed by atoms with Gasteiger partial charge in [0, 0.05) is 19.3 Å². The number of nitrogens with zero attached hydrogens (tertiary/aromatic N) is 2. The number of aliphatic imine (C=N–C) groups is 1. The minimum atomic E-state index is 0.604. The van der Waals surface area contributed by atoms with E-state index in [1.807, 2.05) is 55.3 Å². The molecule has 0 unspecified atom stereocenters. The smallest absolute Gasteiger partial charge is 0.119 e. The number of rotatable bonds is 6. The lowest BCUT2D eigenvalue weighted by atomic mass is 10.2. The van der Waals surface area contributed by atoms with Gasteiger partial charge in [-0.15, -0.1) is 0 Å². The molecular weight excluding hydrogens is 310 g/mol. The number of anilines is 2. The molecule has 23 heavy (non-hydrogen) atoms. The molecule has 0 saturated heterocycles. The van der Waals surface area contributed by atoms with Gasteiger partial charge in [-0.25, -0.2) is 4.99 Å². The van der Waals surface area contributed by atoms with Crippen LogP contribution in [0.5, 0.6) is 5.75 Å². The standard InChI is InChI=1S/C18H22ClN3O/c1-5-22(3)12-20-16-10-13(2)11-17(18(16)19)21-14-6-8-15(23-4)9-7-14/h6-12,21H,5H2,1-4H3/b20-12-. The van der Waals surface area contributed by atoms with E-state index in [2.05, 4.69) is 17.2 Å². The highest BCUT2D eigenvalue weighted by Crippen LogP contribution is 2.35. The van der Waals surface area contributed by atoms with Crippen molar-refractivity contribution in [3.05, 3.63) is 47.0 Å². The van der Waals surface area contributed by atoms with Gasteiger partial charge >= 0.3 is 0 Å². The van der Waals surface area contributed by atoms with E-state index in [4.69, 9.17) is 16.3 Å². The normalized spacial score (nSPS) is 10.8. The van der Waals surface area contributed by atoms with Crippen molar-refractivity contribution in [1.29, 1.82) is 0 Å². The first-order chi connectivity index (χ1) is 11.0. The summed E-state index contributed by atoms with van der Waals surface area (Å²) in [6.45, 7) is 4.99. The molecule has 0 heterocycles. The summed E-state index contributed by atoms with van der Waals surface area (Å²) in [6, 6.07) is 11.7. The molecule has 0 bridgehead atoms. The summed E-state index contributed by atoms with van der Waals surface area (Å²) in [7, 11) is 3.63. The van der Waals surface area contributed by atoms with Crippen LogP contribution < -0.4 is 10.1 Å². The monoisotopic (exact) mass is 331 g/mol. The summed E-state index contributed by atoms with van der Waals surface area (Å²) >= 11 is 6.50. The number of hydrogen-bond donors (Lipinski definition) is 1. The van der Waals surface area contributed by atoms with E-state index in [-0.39, 0.29) is 0 Å². The summed E-state index contributed by atoms with van der Waals surface area (Å²) in [6.07, 6.45) is 1.79. The maximum absolute atomic E-state index is 6.50. The van der Waals surface area contributed by atoms with E-state index in [0.29, 0.717) is 5.02 Å². The molecule has 2 aromatic carbocycles. The molecule has 5 heteroatoms. The number of methoxy groups -OCH3 is 1. The van der Waals surface area contributed by atoms with Crippen molar-refractivity contribution in [2.24, 2.45) is 4.99 Å². The van der Waals surface area contributed by atoms with Gasteiger partial charge in [0.1, 0.15) is 5.75 Å². The van der Waals surface area contributed by atoms with Crippen LogP contribution in [0.15, 0.2) is 41.4 Å². The summed E-state index contributed by atoms with van der Waals surface area (Å²) < 4.78 is 5.17. The van der Waals surface area contributed by atoms with Crippen molar-refractivity contribution in [1.82, 2.24) is 4.90 Å². The Bertz CT molecular complexity index is 683. The second-order valence-corrected chi connectivity index (χ2v) is 5.69. The van der Waals surface area contributed by atoms with Gasteiger partial charge in [0.05, 0.1) is 29.8 Å². The van der Waals surface area contributed by atoms with Gasteiger partial charge in [-0.3, -0.25) is 0 Å². The molecular formula is C18H22ClN3O. The average Bonchev–Trinajstić information content (AvgIpc) is 2.56.